The largest absolute Gasteiger partial charge is 0.497 e. The second-order valence-electron chi connectivity index (χ2n) is 7.12. The van der Waals surface area contributed by atoms with Gasteiger partial charge in [0, 0.05) is 32.9 Å². The molecule has 1 aliphatic heterocycles. The topological polar surface area (TPSA) is 70.8 Å². The number of carbonyl (C=O) groups excluding carboxylic acids is 1. The second-order valence-corrected chi connectivity index (χ2v) is 7.12. The summed E-state index contributed by atoms with van der Waals surface area (Å²) in [4.78, 5) is 16.3. The van der Waals surface area contributed by atoms with Gasteiger partial charge in [-0.1, -0.05) is 12.1 Å². The Morgan fingerprint density at radius 1 is 1.38 bits per heavy atom. The molecule has 1 saturated heterocycles. The molecule has 140 valence electrons. The minimum Gasteiger partial charge on any atom is -0.497 e. The fraction of sp³-hybridized carbons (Fsp3) is 0.474. The highest BCUT2D eigenvalue weighted by molar-refractivity contribution is 5.94. The van der Waals surface area contributed by atoms with Crippen LogP contribution in [0.1, 0.15) is 22.3 Å². The van der Waals surface area contributed by atoms with Crippen LogP contribution in [-0.2, 0) is 13.6 Å². The Kier molecular flexibility index (Phi) is 5.29. The zero-order valence-corrected chi connectivity index (χ0v) is 15.6. The summed E-state index contributed by atoms with van der Waals surface area (Å²) in [5, 5.41) is 15.0. The summed E-state index contributed by atoms with van der Waals surface area (Å²) in [7, 11) is 5.41. The summed E-state index contributed by atoms with van der Waals surface area (Å²) in [6.07, 6.45) is 3.84. The Labute approximate surface area is 153 Å². The molecule has 1 aromatic carbocycles. The van der Waals surface area contributed by atoms with Crippen LogP contribution in [0.2, 0.25) is 0 Å². The fourth-order valence-electron chi connectivity index (χ4n) is 3.47. The van der Waals surface area contributed by atoms with E-state index in [4.69, 9.17) is 4.74 Å². The van der Waals surface area contributed by atoms with E-state index in [2.05, 4.69) is 10.00 Å². The van der Waals surface area contributed by atoms with E-state index in [0.717, 1.165) is 17.9 Å². The van der Waals surface area contributed by atoms with E-state index >= 15 is 0 Å². The number of ether oxygens (including phenoxy) is 1. The first-order valence-corrected chi connectivity index (χ1v) is 8.70. The van der Waals surface area contributed by atoms with Gasteiger partial charge < -0.3 is 14.7 Å². The van der Waals surface area contributed by atoms with Crippen molar-refractivity contribution in [1.82, 2.24) is 19.6 Å². The van der Waals surface area contributed by atoms with Crippen molar-refractivity contribution in [3.8, 4) is 5.75 Å². The minimum absolute atomic E-state index is 0.0770. The number of likely N-dealkylation sites (N-methyl/N-ethyl adjacent to an activating group) is 1. The number of hydrogen-bond donors (Lipinski definition) is 1. The van der Waals surface area contributed by atoms with Crippen LogP contribution in [0.3, 0.4) is 0 Å². The van der Waals surface area contributed by atoms with Crippen molar-refractivity contribution in [2.24, 2.45) is 7.05 Å². The molecule has 7 nitrogen and oxygen atoms in total. The highest BCUT2D eigenvalue weighted by Gasteiger charge is 2.39. The summed E-state index contributed by atoms with van der Waals surface area (Å²) in [5.41, 5.74) is 0.820. The molecule has 0 radical (unpaired) electrons. The van der Waals surface area contributed by atoms with Crippen molar-refractivity contribution >= 4 is 5.91 Å². The van der Waals surface area contributed by atoms with E-state index in [0.29, 0.717) is 31.6 Å². The molecule has 0 saturated carbocycles. The molecule has 1 atom stereocenters. The Morgan fingerprint density at radius 3 is 2.73 bits per heavy atom. The molecule has 1 amide bonds. The van der Waals surface area contributed by atoms with Gasteiger partial charge in [-0.25, -0.2) is 0 Å². The number of aliphatic hydroxyl groups is 1. The number of hydrogen-bond acceptors (Lipinski definition) is 5. The summed E-state index contributed by atoms with van der Waals surface area (Å²) in [6, 6.07) is 7.90. The van der Waals surface area contributed by atoms with Gasteiger partial charge in [0.25, 0.3) is 5.91 Å². The molecule has 1 fully saturated rings. The first kappa shape index (κ1) is 18.4. The van der Waals surface area contributed by atoms with Crippen LogP contribution >= 0.6 is 0 Å². The first-order chi connectivity index (χ1) is 12.4. The van der Waals surface area contributed by atoms with Gasteiger partial charge in [-0.3, -0.25) is 14.4 Å². The number of likely N-dealkylation sites (tertiary alicyclic amines) is 1. The molecule has 26 heavy (non-hydrogen) atoms. The van der Waals surface area contributed by atoms with Gasteiger partial charge in [0.1, 0.15) is 5.75 Å². The van der Waals surface area contributed by atoms with Crippen LogP contribution in [0.5, 0.6) is 5.75 Å². The van der Waals surface area contributed by atoms with E-state index < -0.39 is 5.60 Å². The maximum absolute atomic E-state index is 12.5. The average Bonchev–Trinajstić information content (AvgIpc) is 3.21. The lowest BCUT2D eigenvalue weighted by atomic mass is 10.0. The molecule has 0 bridgehead atoms. The molecule has 3 rings (SSSR count). The molecule has 0 spiro atoms. The molecule has 2 aromatic rings. The second kappa shape index (κ2) is 7.47. The predicted molar refractivity (Wildman–Crippen MR) is 98.0 cm³/mol. The SMILES string of the molecule is COc1ccc(CN(C)C[C@@]2(O)CCN(C(=O)c3cnn(C)c3)C2)cc1. The van der Waals surface area contributed by atoms with Gasteiger partial charge in [0.2, 0.25) is 0 Å². The Bertz CT molecular complexity index is 758. The summed E-state index contributed by atoms with van der Waals surface area (Å²) < 4.78 is 6.78. The lowest BCUT2D eigenvalue weighted by molar-refractivity contribution is 0.0163. The summed E-state index contributed by atoms with van der Waals surface area (Å²) in [6.45, 7) is 2.13. The quantitative estimate of drug-likeness (QED) is 0.838. The zero-order valence-electron chi connectivity index (χ0n) is 15.6. The number of rotatable bonds is 6. The highest BCUT2D eigenvalue weighted by atomic mass is 16.5. The van der Waals surface area contributed by atoms with Gasteiger partial charge in [-0.2, -0.15) is 5.10 Å². The Hall–Kier alpha value is -2.38. The van der Waals surface area contributed by atoms with Crippen LogP contribution in [0.15, 0.2) is 36.7 Å². The number of aryl methyl sites for hydroxylation is 1. The first-order valence-electron chi connectivity index (χ1n) is 8.70. The highest BCUT2D eigenvalue weighted by Crippen LogP contribution is 2.24. The third-order valence-corrected chi connectivity index (χ3v) is 4.75. The van der Waals surface area contributed by atoms with Crippen LogP contribution in [0.4, 0.5) is 0 Å². The fourth-order valence-corrected chi connectivity index (χ4v) is 3.47. The number of aromatic nitrogens is 2. The van der Waals surface area contributed by atoms with Gasteiger partial charge in [-0.15, -0.1) is 0 Å². The van der Waals surface area contributed by atoms with Gasteiger partial charge in [0.05, 0.1) is 31.0 Å². The van der Waals surface area contributed by atoms with E-state index in [-0.39, 0.29) is 5.91 Å². The third kappa shape index (κ3) is 4.23. The standard InChI is InChI=1S/C19H26N4O3/c1-21(11-15-4-6-17(26-3)7-5-15)13-19(25)8-9-23(14-19)18(24)16-10-20-22(2)12-16/h4-7,10,12,25H,8-9,11,13-14H2,1-3H3/t19-/m0/s1. The normalized spacial score (nSPS) is 20.0. The zero-order chi connectivity index (χ0) is 18.7. The summed E-state index contributed by atoms with van der Waals surface area (Å²) in [5.74, 6) is 0.752. The van der Waals surface area contributed by atoms with E-state index in [1.165, 1.54) is 0 Å². The van der Waals surface area contributed by atoms with Crippen molar-refractivity contribution < 1.29 is 14.6 Å². The van der Waals surface area contributed by atoms with Crippen LogP contribution < -0.4 is 4.74 Å². The van der Waals surface area contributed by atoms with Crippen molar-refractivity contribution in [3.05, 3.63) is 47.8 Å². The molecule has 2 heterocycles. The van der Waals surface area contributed by atoms with Gasteiger partial charge >= 0.3 is 0 Å². The molecule has 1 aliphatic rings. The van der Waals surface area contributed by atoms with Crippen molar-refractivity contribution in [1.29, 1.82) is 0 Å². The number of methoxy groups -OCH3 is 1. The van der Waals surface area contributed by atoms with Crippen molar-refractivity contribution in [3.63, 3.8) is 0 Å². The molecule has 0 aliphatic carbocycles. The van der Waals surface area contributed by atoms with Crippen LogP contribution in [0, 0.1) is 0 Å². The van der Waals surface area contributed by atoms with Gasteiger partial charge in [-0.05, 0) is 31.2 Å². The van der Waals surface area contributed by atoms with Crippen LogP contribution in [-0.4, -0.2) is 70.0 Å². The predicted octanol–water partition coefficient (Wildman–Crippen LogP) is 1.14. The minimum atomic E-state index is -0.890. The maximum Gasteiger partial charge on any atom is 0.257 e. The monoisotopic (exact) mass is 358 g/mol. The number of amides is 1. The van der Waals surface area contributed by atoms with E-state index in [1.807, 2.05) is 31.3 Å². The molecular weight excluding hydrogens is 332 g/mol. The molecule has 1 aromatic heterocycles. The molecule has 1 N–H and O–H groups in total. The summed E-state index contributed by atoms with van der Waals surface area (Å²) >= 11 is 0. The molecular formula is C19H26N4O3. The lowest BCUT2D eigenvalue weighted by Crippen LogP contribution is -2.44. The van der Waals surface area contributed by atoms with E-state index in [1.54, 1.807) is 36.1 Å². The van der Waals surface area contributed by atoms with Crippen molar-refractivity contribution in [2.45, 2.75) is 18.6 Å². The number of benzene rings is 1. The number of β-amino-alcohol motifs (C(OH)–C–C–N with tert-alkyl or cyclic N) is 1. The lowest BCUT2D eigenvalue weighted by Gasteiger charge is -2.29. The molecule has 7 heteroatoms. The number of carbonyl (C=O) groups is 1. The van der Waals surface area contributed by atoms with Gasteiger partial charge in [0.15, 0.2) is 0 Å². The number of nitrogens with zero attached hydrogens (tertiary/aromatic N) is 4. The Balaban J connectivity index is 1.56. The molecule has 0 unspecified atom stereocenters. The Morgan fingerprint density at radius 2 is 2.12 bits per heavy atom. The maximum atomic E-state index is 12.5. The smallest absolute Gasteiger partial charge is 0.257 e. The van der Waals surface area contributed by atoms with Crippen LogP contribution in [0.25, 0.3) is 0 Å². The average molecular weight is 358 g/mol. The van der Waals surface area contributed by atoms with Crippen molar-refractivity contribution in [2.75, 3.05) is 33.8 Å². The third-order valence-electron chi connectivity index (χ3n) is 4.75. The van der Waals surface area contributed by atoms with E-state index in [9.17, 15) is 9.90 Å².